The van der Waals surface area contributed by atoms with Crippen molar-refractivity contribution in [3.8, 4) is 0 Å². The van der Waals surface area contributed by atoms with Crippen LogP contribution in [-0.2, 0) is 10.2 Å². The molecule has 0 bridgehead atoms. The number of rotatable bonds is 1. The predicted octanol–water partition coefficient (Wildman–Crippen LogP) is 2.28. The van der Waals surface area contributed by atoms with Crippen LogP contribution in [0.25, 0.3) is 0 Å². The van der Waals surface area contributed by atoms with E-state index in [-0.39, 0.29) is 5.91 Å². The first-order chi connectivity index (χ1) is 9.28. The van der Waals surface area contributed by atoms with Crippen molar-refractivity contribution in [2.24, 2.45) is 11.7 Å². The highest BCUT2D eigenvalue weighted by atomic mass is 16.1. The number of carbonyl (C=O) groups is 1. The highest BCUT2D eigenvalue weighted by molar-refractivity contribution is 5.97. The Labute approximate surface area is 111 Å². The molecule has 0 saturated heterocycles. The van der Waals surface area contributed by atoms with E-state index in [0.29, 0.717) is 17.8 Å². The Kier molecular flexibility index (Phi) is 1.41. The summed E-state index contributed by atoms with van der Waals surface area (Å²) in [6.07, 6.45) is 0. The molecule has 2 N–H and O–H groups in total. The summed E-state index contributed by atoms with van der Waals surface area (Å²) >= 11 is 0. The normalized spacial score (nSPS) is 35.5. The lowest BCUT2D eigenvalue weighted by Crippen LogP contribution is -2.41. The zero-order valence-electron chi connectivity index (χ0n) is 10.3. The molecular weight excluding hydrogens is 234 g/mol. The molecule has 0 aliphatic heterocycles. The number of primary amides is 1. The molecule has 2 aromatic rings. The molecular formula is C17H13NO. The molecule has 0 spiro atoms. The minimum absolute atomic E-state index is 0.181. The molecule has 3 aliphatic rings. The SMILES string of the molecule is NC(=O)C12c3ccccc3[C@H]3C1[C@@H]3c1ccccc12. The molecule has 0 aromatic heterocycles. The van der Waals surface area contributed by atoms with Gasteiger partial charge in [0.1, 0.15) is 5.41 Å². The van der Waals surface area contributed by atoms with Crippen LogP contribution in [0.4, 0.5) is 0 Å². The lowest BCUT2D eigenvalue weighted by molar-refractivity contribution is -0.122. The van der Waals surface area contributed by atoms with Crippen molar-refractivity contribution in [2.45, 2.75) is 17.3 Å². The highest BCUT2D eigenvalue weighted by Gasteiger charge is 2.76. The van der Waals surface area contributed by atoms with Crippen molar-refractivity contribution >= 4 is 5.91 Å². The minimum Gasteiger partial charge on any atom is -0.369 e. The molecule has 0 unspecified atom stereocenters. The van der Waals surface area contributed by atoms with E-state index in [0.717, 1.165) is 11.1 Å². The van der Waals surface area contributed by atoms with Gasteiger partial charge in [0.25, 0.3) is 0 Å². The minimum atomic E-state index is -0.553. The Morgan fingerprint density at radius 3 is 1.84 bits per heavy atom. The molecule has 2 nitrogen and oxygen atoms in total. The van der Waals surface area contributed by atoms with Crippen molar-refractivity contribution in [1.82, 2.24) is 0 Å². The van der Waals surface area contributed by atoms with E-state index in [2.05, 4.69) is 36.4 Å². The molecule has 92 valence electrons. The summed E-state index contributed by atoms with van der Waals surface area (Å²) in [6, 6.07) is 16.7. The first kappa shape index (κ1) is 9.79. The molecule has 2 heteroatoms. The second-order valence-electron chi connectivity index (χ2n) is 5.92. The smallest absolute Gasteiger partial charge is 0.232 e. The van der Waals surface area contributed by atoms with Gasteiger partial charge in [-0.05, 0) is 40.0 Å². The first-order valence-electron chi connectivity index (χ1n) is 6.76. The average molecular weight is 247 g/mol. The summed E-state index contributed by atoms with van der Waals surface area (Å²) in [5.41, 5.74) is 10.3. The van der Waals surface area contributed by atoms with Gasteiger partial charge in [0, 0.05) is 0 Å². The Bertz CT molecular complexity index is 695. The Morgan fingerprint density at radius 2 is 1.37 bits per heavy atom. The third-order valence-corrected chi connectivity index (χ3v) is 5.40. The third kappa shape index (κ3) is 0.803. The fourth-order valence-corrected chi connectivity index (χ4v) is 4.85. The molecule has 1 amide bonds. The molecule has 19 heavy (non-hydrogen) atoms. The molecule has 2 atom stereocenters. The summed E-state index contributed by atoms with van der Waals surface area (Å²) in [5.74, 6) is 1.22. The molecule has 1 saturated carbocycles. The molecule has 1 fully saturated rings. The average Bonchev–Trinajstić information content (AvgIpc) is 3.01. The molecule has 2 aromatic carbocycles. The lowest BCUT2D eigenvalue weighted by atomic mass is 9.74. The summed E-state index contributed by atoms with van der Waals surface area (Å²) < 4.78 is 0. The third-order valence-electron chi connectivity index (χ3n) is 5.40. The van der Waals surface area contributed by atoms with Gasteiger partial charge in [0.2, 0.25) is 5.91 Å². The van der Waals surface area contributed by atoms with Crippen molar-refractivity contribution in [1.29, 1.82) is 0 Å². The van der Waals surface area contributed by atoms with Crippen molar-refractivity contribution in [2.75, 3.05) is 0 Å². The largest absolute Gasteiger partial charge is 0.369 e. The zero-order valence-corrected chi connectivity index (χ0v) is 10.3. The van der Waals surface area contributed by atoms with E-state index in [1.807, 2.05) is 12.1 Å². The van der Waals surface area contributed by atoms with E-state index < -0.39 is 5.41 Å². The van der Waals surface area contributed by atoms with Crippen LogP contribution in [0.15, 0.2) is 48.5 Å². The second-order valence-corrected chi connectivity index (χ2v) is 5.92. The predicted molar refractivity (Wildman–Crippen MR) is 71.8 cm³/mol. The number of benzene rings is 2. The van der Waals surface area contributed by atoms with Gasteiger partial charge in [0.15, 0.2) is 0 Å². The van der Waals surface area contributed by atoms with E-state index >= 15 is 0 Å². The molecule has 0 heterocycles. The maximum Gasteiger partial charge on any atom is 0.232 e. The van der Waals surface area contributed by atoms with Crippen LogP contribution in [0.1, 0.15) is 34.1 Å². The van der Waals surface area contributed by atoms with Crippen LogP contribution >= 0.6 is 0 Å². The van der Waals surface area contributed by atoms with E-state index in [1.54, 1.807) is 0 Å². The van der Waals surface area contributed by atoms with E-state index in [9.17, 15) is 4.79 Å². The van der Waals surface area contributed by atoms with Crippen LogP contribution in [-0.4, -0.2) is 5.91 Å². The summed E-state index contributed by atoms with van der Waals surface area (Å²) in [7, 11) is 0. The van der Waals surface area contributed by atoms with Crippen LogP contribution in [0, 0.1) is 5.92 Å². The Morgan fingerprint density at radius 1 is 0.895 bits per heavy atom. The fourth-order valence-electron chi connectivity index (χ4n) is 4.85. The Hall–Kier alpha value is -2.09. The van der Waals surface area contributed by atoms with E-state index in [4.69, 9.17) is 5.73 Å². The number of hydrogen-bond donors (Lipinski definition) is 1. The standard InChI is InChI=1S/C17H13NO/c18-16(19)17-11-7-3-1-5-9(11)13-14(15(13)17)10-6-2-4-8-12(10)17/h1-8,13-15H,(H2,18,19)/t13-,14-,15?,17?/m1/s1. The van der Waals surface area contributed by atoms with Crippen LogP contribution in [0.3, 0.4) is 0 Å². The van der Waals surface area contributed by atoms with Gasteiger partial charge >= 0.3 is 0 Å². The summed E-state index contributed by atoms with van der Waals surface area (Å²) in [6.45, 7) is 0. The topological polar surface area (TPSA) is 43.1 Å². The van der Waals surface area contributed by atoms with Gasteiger partial charge in [-0.3, -0.25) is 4.79 Å². The second kappa shape index (κ2) is 2.74. The quantitative estimate of drug-likeness (QED) is 0.825. The lowest BCUT2D eigenvalue weighted by Gasteiger charge is -2.27. The van der Waals surface area contributed by atoms with Gasteiger partial charge in [-0.1, -0.05) is 48.5 Å². The Balaban J connectivity index is 1.94. The summed E-state index contributed by atoms with van der Waals surface area (Å²) in [4.78, 5) is 12.4. The summed E-state index contributed by atoms with van der Waals surface area (Å²) in [5, 5.41) is 0. The number of fused-ring (bicyclic) bond motifs is 7. The van der Waals surface area contributed by atoms with Gasteiger partial charge < -0.3 is 5.73 Å². The van der Waals surface area contributed by atoms with Gasteiger partial charge in [0.05, 0.1) is 0 Å². The number of carbonyl (C=O) groups excluding carboxylic acids is 1. The molecule has 5 rings (SSSR count). The molecule has 0 radical (unpaired) electrons. The highest BCUT2D eigenvalue weighted by Crippen LogP contribution is 2.80. The molecule has 3 aliphatic carbocycles. The van der Waals surface area contributed by atoms with Gasteiger partial charge in [-0.25, -0.2) is 0 Å². The van der Waals surface area contributed by atoms with Gasteiger partial charge in [-0.15, -0.1) is 0 Å². The zero-order chi connectivity index (χ0) is 12.8. The van der Waals surface area contributed by atoms with Crippen LogP contribution in [0.2, 0.25) is 0 Å². The fraction of sp³-hybridized carbons (Fsp3) is 0.235. The van der Waals surface area contributed by atoms with E-state index in [1.165, 1.54) is 11.1 Å². The first-order valence-corrected chi connectivity index (χ1v) is 6.76. The van der Waals surface area contributed by atoms with Crippen molar-refractivity contribution < 1.29 is 4.79 Å². The van der Waals surface area contributed by atoms with Crippen LogP contribution in [0.5, 0.6) is 0 Å². The van der Waals surface area contributed by atoms with Crippen molar-refractivity contribution in [3.63, 3.8) is 0 Å². The maximum absolute atomic E-state index is 12.4. The van der Waals surface area contributed by atoms with Crippen molar-refractivity contribution in [3.05, 3.63) is 70.8 Å². The number of nitrogens with two attached hydrogens (primary N) is 1. The number of amides is 1. The van der Waals surface area contributed by atoms with Crippen LogP contribution < -0.4 is 5.73 Å². The maximum atomic E-state index is 12.4. The van der Waals surface area contributed by atoms with Gasteiger partial charge in [-0.2, -0.15) is 0 Å². The number of hydrogen-bond acceptors (Lipinski definition) is 1. The monoisotopic (exact) mass is 247 g/mol.